The first kappa shape index (κ1) is 12.7. The van der Waals surface area contributed by atoms with Gasteiger partial charge in [0.15, 0.2) is 0 Å². The van der Waals surface area contributed by atoms with Crippen LogP contribution in [0.25, 0.3) is 0 Å². The number of hydrogen-bond acceptors (Lipinski definition) is 5. The summed E-state index contributed by atoms with van der Waals surface area (Å²) in [6, 6.07) is -0.785. The minimum atomic E-state index is -0.785. The molecule has 0 aliphatic carbocycles. The van der Waals surface area contributed by atoms with E-state index in [1.54, 1.807) is 0 Å². The van der Waals surface area contributed by atoms with Crippen molar-refractivity contribution in [3.8, 4) is 0 Å². The van der Waals surface area contributed by atoms with Crippen molar-refractivity contribution in [3.05, 3.63) is 23.2 Å². The van der Waals surface area contributed by atoms with Crippen molar-refractivity contribution in [2.24, 2.45) is 5.73 Å². The van der Waals surface area contributed by atoms with Crippen molar-refractivity contribution in [3.63, 3.8) is 0 Å². The molecule has 1 unspecified atom stereocenters. The summed E-state index contributed by atoms with van der Waals surface area (Å²) < 4.78 is 5.13. The van der Waals surface area contributed by atoms with Crippen LogP contribution in [0.2, 0.25) is 5.15 Å². The fraction of sp³-hybridized carbons (Fsp3) is 0.400. The minimum absolute atomic E-state index is 0.0793. The molecule has 0 spiro atoms. The third kappa shape index (κ3) is 2.57. The Labute approximate surface area is 108 Å². The molecule has 96 valence electrons. The van der Waals surface area contributed by atoms with Gasteiger partial charge in [-0.1, -0.05) is 11.6 Å². The Morgan fingerprint density at radius 2 is 2.28 bits per heavy atom. The van der Waals surface area contributed by atoms with Gasteiger partial charge in [-0.15, -0.1) is 0 Å². The number of primary amides is 1. The van der Waals surface area contributed by atoms with Gasteiger partial charge in [-0.2, -0.15) is 0 Å². The lowest BCUT2D eigenvalue weighted by Crippen LogP contribution is -2.54. The lowest BCUT2D eigenvalue weighted by atomic mass is 10.2. The SMILES string of the molecule is NC(=O)C1COCCN1C(=O)c1cncc(Cl)n1. The number of nitrogens with zero attached hydrogens (tertiary/aromatic N) is 3. The van der Waals surface area contributed by atoms with Crippen LogP contribution in [0, 0.1) is 0 Å². The van der Waals surface area contributed by atoms with Crippen LogP contribution in [0.5, 0.6) is 0 Å². The molecular weight excluding hydrogens is 260 g/mol. The number of rotatable bonds is 2. The van der Waals surface area contributed by atoms with Gasteiger partial charge >= 0.3 is 0 Å². The molecule has 0 radical (unpaired) electrons. The van der Waals surface area contributed by atoms with Crippen molar-refractivity contribution >= 4 is 23.4 Å². The van der Waals surface area contributed by atoms with Gasteiger partial charge in [0.05, 0.1) is 25.6 Å². The molecule has 1 aliphatic heterocycles. The molecule has 1 aromatic rings. The second kappa shape index (κ2) is 5.28. The second-order valence-corrected chi connectivity index (χ2v) is 4.11. The smallest absolute Gasteiger partial charge is 0.274 e. The summed E-state index contributed by atoms with van der Waals surface area (Å²) in [6.07, 6.45) is 2.62. The van der Waals surface area contributed by atoms with Crippen molar-refractivity contribution < 1.29 is 14.3 Å². The fourth-order valence-corrected chi connectivity index (χ4v) is 1.82. The van der Waals surface area contributed by atoms with E-state index in [1.165, 1.54) is 17.3 Å². The molecule has 2 amide bonds. The Balaban J connectivity index is 2.23. The number of amides is 2. The number of aromatic nitrogens is 2. The molecule has 1 fully saturated rings. The van der Waals surface area contributed by atoms with E-state index in [2.05, 4.69) is 9.97 Å². The molecule has 1 aromatic heterocycles. The van der Waals surface area contributed by atoms with Gasteiger partial charge in [-0.05, 0) is 0 Å². The molecule has 2 heterocycles. The van der Waals surface area contributed by atoms with E-state index in [9.17, 15) is 9.59 Å². The maximum absolute atomic E-state index is 12.2. The van der Waals surface area contributed by atoms with Gasteiger partial charge in [0.25, 0.3) is 5.91 Å². The van der Waals surface area contributed by atoms with E-state index >= 15 is 0 Å². The number of hydrogen-bond donors (Lipinski definition) is 1. The molecule has 1 atom stereocenters. The number of carbonyl (C=O) groups excluding carboxylic acids is 2. The van der Waals surface area contributed by atoms with Gasteiger partial charge in [-0.3, -0.25) is 14.6 Å². The Morgan fingerprint density at radius 3 is 2.94 bits per heavy atom. The number of carbonyl (C=O) groups is 2. The van der Waals surface area contributed by atoms with Crippen LogP contribution in [0.1, 0.15) is 10.5 Å². The average Bonchev–Trinajstić information content (AvgIpc) is 2.38. The normalized spacial score (nSPS) is 19.6. The van der Waals surface area contributed by atoms with Gasteiger partial charge in [0, 0.05) is 6.54 Å². The van der Waals surface area contributed by atoms with Crippen molar-refractivity contribution in [2.75, 3.05) is 19.8 Å². The maximum Gasteiger partial charge on any atom is 0.274 e. The highest BCUT2D eigenvalue weighted by Crippen LogP contribution is 2.12. The maximum atomic E-state index is 12.2. The Morgan fingerprint density at radius 1 is 1.50 bits per heavy atom. The molecule has 7 nitrogen and oxygen atoms in total. The van der Waals surface area contributed by atoms with E-state index in [4.69, 9.17) is 22.1 Å². The summed E-state index contributed by atoms with van der Waals surface area (Å²) >= 11 is 5.67. The summed E-state index contributed by atoms with van der Waals surface area (Å²) in [4.78, 5) is 32.4. The minimum Gasteiger partial charge on any atom is -0.377 e. The van der Waals surface area contributed by atoms with E-state index in [-0.39, 0.29) is 24.0 Å². The topological polar surface area (TPSA) is 98.4 Å². The highest BCUT2D eigenvalue weighted by molar-refractivity contribution is 6.29. The van der Waals surface area contributed by atoms with E-state index in [0.29, 0.717) is 6.61 Å². The van der Waals surface area contributed by atoms with Gasteiger partial charge in [-0.25, -0.2) is 4.98 Å². The van der Waals surface area contributed by atoms with Crippen LogP contribution in [0.15, 0.2) is 12.4 Å². The summed E-state index contributed by atoms with van der Waals surface area (Å²) in [7, 11) is 0. The number of halogens is 1. The Hall–Kier alpha value is -1.73. The predicted molar refractivity (Wildman–Crippen MR) is 61.9 cm³/mol. The molecule has 0 aromatic carbocycles. The Bertz CT molecular complexity index is 482. The zero-order valence-electron chi connectivity index (χ0n) is 9.38. The van der Waals surface area contributed by atoms with Gasteiger partial charge < -0.3 is 15.4 Å². The fourth-order valence-electron chi connectivity index (χ4n) is 1.67. The molecular formula is C10H11ClN4O3. The predicted octanol–water partition coefficient (Wildman–Crippen LogP) is -0.544. The van der Waals surface area contributed by atoms with Crippen LogP contribution in [-0.2, 0) is 9.53 Å². The van der Waals surface area contributed by atoms with Crippen LogP contribution in [0.3, 0.4) is 0 Å². The average molecular weight is 271 g/mol. The van der Waals surface area contributed by atoms with Gasteiger partial charge in [0.2, 0.25) is 5.91 Å². The van der Waals surface area contributed by atoms with E-state index in [1.807, 2.05) is 0 Å². The van der Waals surface area contributed by atoms with E-state index in [0.717, 1.165) is 0 Å². The summed E-state index contributed by atoms with van der Waals surface area (Å²) in [5, 5.41) is 0.115. The number of ether oxygens (including phenoxy) is 1. The zero-order valence-corrected chi connectivity index (χ0v) is 10.1. The first-order chi connectivity index (χ1) is 8.59. The Kier molecular flexibility index (Phi) is 3.73. The molecule has 2 N–H and O–H groups in total. The summed E-state index contributed by atoms with van der Waals surface area (Å²) in [6.45, 7) is 0.721. The van der Waals surface area contributed by atoms with E-state index < -0.39 is 17.9 Å². The first-order valence-corrected chi connectivity index (χ1v) is 5.63. The van der Waals surface area contributed by atoms with Crippen LogP contribution >= 0.6 is 11.6 Å². The monoisotopic (exact) mass is 270 g/mol. The lowest BCUT2D eigenvalue weighted by molar-refractivity contribution is -0.127. The third-order valence-corrected chi connectivity index (χ3v) is 2.72. The summed E-state index contributed by atoms with van der Waals surface area (Å²) in [5.74, 6) is -1.05. The molecule has 2 rings (SSSR count). The lowest BCUT2D eigenvalue weighted by Gasteiger charge is -2.33. The van der Waals surface area contributed by atoms with Crippen LogP contribution in [-0.4, -0.2) is 52.5 Å². The molecule has 0 saturated carbocycles. The van der Waals surface area contributed by atoms with Crippen molar-refractivity contribution in [2.45, 2.75) is 6.04 Å². The molecule has 8 heteroatoms. The largest absolute Gasteiger partial charge is 0.377 e. The quantitative estimate of drug-likeness (QED) is 0.778. The number of nitrogens with two attached hydrogens (primary N) is 1. The summed E-state index contributed by atoms with van der Waals surface area (Å²) in [5.41, 5.74) is 5.31. The number of morpholine rings is 1. The standard InChI is InChI=1S/C10H11ClN4O3/c11-8-4-13-3-6(14-8)10(17)15-1-2-18-5-7(15)9(12)16/h3-4,7H,1-2,5H2,(H2,12,16). The third-order valence-electron chi connectivity index (χ3n) is 2.54. The highest BCUT2D eigenvalue weighted by Gasteiger charge is 2.32. The van der Waals surface area contributed by atoms with Crippen molar-refractivity contribution in [1.29, 1.82) is 0 Å². The second-order valence-electron chi connectivity index (χ2n) is 3.72. The molecule has 0 bridgehead atoms. The van der Waals surface area contributed by atoms with Gasteiger partial charge in [0.1, 0.15) is 16.9 Å². The van der Waals surface area contributed by atoms with Crippen LogP contribution < -0.4 is 5.73 Å². The zero-order chi connectivity index (χ0) is 13.1. The highest BCUT2D eigenvalue weighted by atomic mass is 35.5. The molecule has 18 heavy (non-hydrogen) atoms. The van der Waals surface area contributed by atoms with Crippen LogP contribution in [0.4, 0.5) is 0 Å². The molecule has 1 aliphatic rings. The first-order valence-electron chi connectivity index (χ1n) is 5.25. The van der Waals surface area contributed by atoms with Crippen molar-refractivity contribution in [1.82, 2.24) is 14.9 Å². The molecule has 1 saturated heterocycles.